The maximum atomic E-state index is 11.2. The lowest BCUT2D eigenvalue weighted by Gasteiger charge is -2.20. The van der Waals surface area contributed by atoms with Crippen LogP contribution in [0.25, 0.3) is 0 Å². The summed E-state index contributed by atoms with van der Waals surface area (Å²) < 4.78 is 5.57. The van der Waals surface area contributed by atoms with Gasteiger partial charge in [0.1, 0.15) is 5.75 Å². The quantitative estimate of drug-likeness (QED) is 0.529. The van der Waals surface area contributed by atoms with Crippen molar-refractivity contribution in [3.05, 3.63) is 29.3 Å². The molecular formula is C16H22O5S. The first-order chi connectivity index (χ1) is 10.1. The zero-order valence-electron chi connectivity index (χ0n) is 13.0. The minimum absolute atomic E-state index is 0.181. The highest BCUT2D eigenvalue weighted by Crippen LogP contribution is 2.28. The Morgan fingerprint density at radius 3 is 2.36 bits per heavy atom. The topological polar surface area (TPSA) is 83.8 Å². The fourth-order valence-corrected chi connectivity index (χ4v) is 2.01. The Labute approximate surface area is 135 Å². The van der Waals surface area contributed by atoms with Crippen molar-refractivity contribution in [3.8, 4) is 5.75 Å². The molecule has 0 radical (unpaired) electrons. The number of rotatable bonds is 7. The van der Waals surface area contributed by atoms with E-state index in [1.165, 1.54) is 6.07 Å². The summed E-state index contributed by atoms with van der Waals surface area (Å²) >= 11 is 3.95. The maximum Gasteiger partial charge on any atom is 0.335 e. The van der Waals surface area contributed by atoms with Crippen LogP contribution in [0.3, 0.4) is 0 Å². The first kappa shape index (κ1) is 18.4. The monoisotopic (exact) mass is 326 g/mol. The van der Waals surface area contributed by atoms with Crippen molar-refractivity contribution in [1.29, 1.82) is 0 Å². The molecule has 1 rings (SSSR count). The second-order valence-corrected chi connectivity index (χ2v) is 6.77. The van der Waals surface area contributed by atoms with Gasteiger partial charge in [0, 0.05) is 0 Å². The fraction of sp³-hybridized carbons (Fsp3) is 0.500. The fourth-order valence-electron chi connectivity index (χ4n) is 1.83. The molecule has 6 heteroatoms. The van der Waals surface area contributed by atoms with Crippen molar-refractivity contribution in [1.82, 2.24) is 0 Å². The predicted octanol–water partition coefficient (Wildman–Crippen LogP) is 3.22. The van der Waals surface area contributed by atoms with Gasteiger partial charge in [0.15, 0.2) is 0 Å². The molecule has 0 aliphatic carbocycles. The molecule has 0 aliphatic rings. The molecule has 0 heterocycles. The first-order valence-corrected chi connectivity index (χ1v) is 7.55. The average molecular weight is 326 g/mol. The molecule has 0 spiro atoms. The third-order valence-corrected chi connectivity index (χ3v) is 3.67. The van der Waals surface area contributed by atoms with E-state index in [1.807, 2.05) is 26.8 Å². The van der Waals surface area contributed by atoms with Gasteiger partial charge in [0.05, 0.1) is 17.4 Å². The summed E-state index contributed by atoms with van der Waals surface area (Å²) in [5.41, 5.74) is 0.864. The van der Waals surface area contributed by atoms with Crippen molar-refractivity contribution in [3.63, 3.8) is 0 Å². The van der Waals surface area contributed by atoms with Gasteiger partial charge in [-0.15, -0.1) is 0 Å². The summed E-state index contributed by atoms with van der Waals surface area (Å²) in [7, 11) is 0. The second-order valence-electron chi connectivity index (χ2n) is 6.15. The Balaban J connectivity index is 2.76. The summed E-state index contributed by atoms with van der Waals surface area (Å²) in [5.74, 6) is -1.47. The number of benzene rings is 1. The normalized spacial score (nSPS) is 12.7. The largest absolute Gasteiger partial charge is 0.494 e. The second kappa shape index (κ2) is 7.54. The van der Waals surface area contributed by atoms with Gasteiger partial charge in [-0.05, 0) is 42.0 Å². The molecule has 1 aromatic carbocycles. The van der Waals surface area contributed by atoms with Crippen LogP contribution in [0.15, 0.2) is 18.2 Å². The standard InChI is InChI=1S/C16H22O5S/c1-16(2,3)11-7-10(14(17)18)8-12(9-11)21-6-4-5-13(22)15(19)20/h7-9,13,22H,4-6H2,1-3H3,(H,17,18)(H,19,20). The van der Waals surface area contributed by atoms with Gasteiger partial charge < -0.3 is 14.9 Å². The third kappa shape index (κ3) is 5.60. The molecule has 122 valence electrons. The van der Waals surface area contributed by atoms with Gasteiger partial charge in [0.25, 0.3) is 0 Å². The van der Waals surface area contributed by atoms with Crippen molar-refractivity contribution in [2.45, 2.75) is 44.3 Å². The lowest BCUT2D eigenvalue weighted by Crippen LogP contribution is -2.15. The Morgan fingerprint density at radius 1 is 1.23 bits per heavy atom. The van der Waals surface area contributed by atoms with Crippen LogP contribution in [0.2, 0.25) is 0 Å². The number of hydrogen-bond acceptors (Lipinski definition) is 4. The molecule has 0 saturated heterocycles. The molecular weight excluding hydrogens is 304 g/mol. The molecule has 1 aromatic rings. The summed E-state index contributed by atoms with van der Waals surface area (Å²) in [6.07, 6.45) is 0.922. The maximum absolute atomic E-state index is 11.2. The van der Waals surface area contributed by atoms with E-state index in [9.17, 15) is 14.7 Å². The smallest absolute Gasteiger partial charge is 0.335 e. The predicted molar refractivity (Wildman–Crippen MR) is 87.2 cm³/mol. The number of aromatic carboxylic acids is 1. The highest BCUT2D eigenvalue weighted by molar-refractivity contribution is 7.81. The molecule has 0 fully saturated rings. The molecule has 0 aromatic heterocycles. The van der Waals surface area contributed by atoms with E-state index in [2.05, 4.69) is 12.6 Å². The van der Waals surface area contributed by atoms with E-state index in [1.54, 1.807) is 6.07 Å². The molecule has 22 heavy (non-hydrogen) atoms. The number of aliphatic carboxylic acids is 1. The van der Waals surface area contributed by atoms with Gasteiger partial charge in [-0.25, -0.2) is 4.79 Å². The van der Waals surface area contributed by atoms with E-state index in [-0.39, 0.29) is 11.0 Å². The highest BCUT2D eigenvalue weighted by atomic mass is 32.1. The van der Waals surface area contributed by atoms with Crippen molar-refractivity contribution >= 4 is 24.6 Å². The lowest BCUT2D eigenvalue weighted by atomic mass is 9.86. The number of carboxylic acid groups (broad SMARTS) is 2. The van der Waals surface area contributed by atoms with Gasteiger partial charge >= 0.3 is 11.9 Å². The Bertz CT molecular complexity index is 548. The molecule has 2 N–H and O–H groups in total. The van der Waals surface area contributed by atoms with Gasteiger partial charge in [-0.2, -0.15) is 12.6 Å². The number of thiol groups is 1. The number of carboxylic acids is 2. The van der Waals surface area contributed by atoms with Gasteiger partial charge in [0.2, 0.25) is 0 Å². The highest BCUT2D eigenvalue weighted by Gasteiger charge is 2.18. The van der Waals surface area contributed by atoms with Crippen LogP contribution < -0.4 is 4.74 Å². The molecule has 0 amide bonds. The van der Waals surface area contributed by atoms with E-state index in [0.29, 0.717) is 25.2 Å². The summed E-state index contributed by atoms with van der Waals surface area (Å²) in [6.45, 7) is 6.30. The average Bonchev–Trinajstić information content (AvgIpc) is 2.41. The van der Waals surface area contributed by atoms with E-state index in [0.717, 1.165) is 5.56 Å². The Morgan fingerprint density at radius 2 is 1.86 bits per heavy atom. The summed E-state index contributed by atoms with van der Waals surface area (Å²) in [4.78, 5) is 21.9. The minimum Gasteiger partial charge on any atom is -0.494 e. The van der Waals surface area contributed by atoms with Crippen LogP contribution in [0.1, 0.15) is 49.5 Å². The molecule has 0 saturated carbocycles. The van der Waals surface area contributed by atoms with E-state index in [4.69, 9.17) is 9.84 Å². The summed E-state index contributed by atoms with van der Waals surface area (Å²) in [5, 5.41) is 17.2. The number of ether oxygens (including phenoxy) is 1. The molecule has 5 nitrogen and oxygen atoms in total. The van der Waals surface area contributed by atoms with Crippen molar-refractivity contribution < 1.29 is 24.5 Å². The Kier molecular flexibility index (Phi) is 6.29. The number of hydrogen-bond donors (Lipinski definition) is 3. The zero-order chi connectivity index (χ0) is 16.9. The molecule has 1 atom stereocenters. The summed E-state index contributed by atoms with van der Waals surface area (Å²) in [6, 6.07) is 4.94. The van der Waals surface area contributed by atoms with Crippen LogP contribution in [-0.2, 0) is 10.2 Å². The molecule has 0 aliphatic heterocycles. The van der Waals surface area contributed by atoms with Gasteiger partial charge in [-0.3, -0.25) is 4.79 Å². The van der Waals surface area contributed by atoms with Crippen molar-refractivity contribution in [2.24, 2.45) is 0 Å². The van der Waals surface area contributed by atoms with Gasteiger partial charge in [-0.1, -0.05) is 20.8 Å². The lowest BCUT2D eigenvalue weighted by molar-refractivity contribution is -0.136. The number of carbonyl (C=O) groups is 2. The SMILES string of the molecule is CC(C)(C)c1cc(OCCCC(S)C(=O)O)cc(C(=O)O)c1. The van der Waals surface area contributed by atoms with Crippen LogP contribution in [0.5, 0.6) is 5.75 Å². The van der Waals surface area contributed by atoms with Crippen LogP contribution >= 0.6 is 12.6 Å². The van der Waals surface area contributed by atoms with E-state index >= 15 is 0 Å². The first-order valence-electron chi connectivity index (χ1n) is 7.04. The zero-order valence-corrected chi connectivity index (χ0v) is 13.9. The third-order valence-electron chi connectivity index (χ3n) is 3.20. The van der Waals surface area contributed by atoms with Crippen LogP contribution in [0.4, 0.5) is 0 Å². The van der Waals surface area contributed by atoms with E-state index < -0.39 is 17.2 Å². The minimum atomic E-state index is -1.00. The Hall–Kier alpha value is -1.69. The van der Waals surface area contributed by atoms with Crippen LogP contribution in [-0.4, -0.2) is 34.0 Å². The van der Waals surface area contributed by atoms with Crippen molar-refractivity contribution in [2.75, 3.05) is 6.61 Å². The van der Waals surface area contributed by atoms with Crippen LogP contribution in [0, 0.1) is 0 Å². The molecule has 1 unspecified atom stereocenters. The molecule has 0 bridgehead atoms.